The van der Waals surface area contributed by atoms with E-state index in [0.717, 1.165) is 92.8 Å². The molecule has 9 aromatic rings. The van der Waals surface area contributed by atoms with E-state index in [0.29, 0.717) is 11.8 Å². The van der Waals surface area contributed by atoms with Crippen molar-refractivity contribution in [3.05, 3.63) is 113 Å². The topological polar surface area (TPSA) is 34.1 Å². The first kappa shape index (κ1) is 74.3. The van der Waals surface area contributed by atoms with Crippen LogP contribution in [0.5, 0.6) is 0 Å². The van der Waals surface area contributed by atoms with Gasteiger partial charge in [0.25, 0.3) is 0 Å². The number of rotatable bonds is 47. The molecule has 5 aromatic carbocycles. The predicted molar refractivity (Wildman–Crippen MR) is 427 cm³/mol. The van der Waals surface area contributed by atoms with Crippen LogP contribution < -0.4 is 10.9 Å². The summed E-state index contributed by atoms with van der Waals surface area (Å²) >= 11 is 7.70. The summed E-state index contributed by atoms with van der Waals surface area (Å²) in [5.41, 5.74) is 7.76. The largest absolute Gasteiger partial charge is 0.289 e. The summed E-state index contributed by atoms with van der Waals surface area (Å²) in [7, 11) is 0. The number of hydrogen-bond donors (Lipinski definition) is 0. The van der Waals surface area contributed by atoms with Crippen molar-refractivity contribution in [1.82, 2.24) is 0 Å². The molecule has 4 aromatic heterocycles. The molecule has 2 nitrogen and oxygen atoms in total. The monoisotopic (exact) mass is 1340 g/mol. The van der Waals surface area contributed by atoms with Crippen LogP contribution in [-0.4, -0.2) is 0 Å². The lowest BCUT2D eigenvalue weighted by atomic mass is 9.82. The lowest BCUT2D eigenvalue weighted by Crippen LogP contribution is -2.10. The number of aryl methyl sites for hydroxylation is 4. The van der Waals surface area contributed by atoms with Gasteiger partial charge in [0, 0.05) is 60.6 Å². The SMILES string of the molecule is CCCCCCCCC(CCCCC)CCc1c2cc(-c3ccc(-c4cc5cc6c(CC(CC)CCCCCC)c7c(=O)c(-c8ccc(C)s8)cc7c(CC(CC)CCCCCC)c6cc5c4=O)s3)sc2c(CCC(CCCCC)CCCCCCCC)c2cc(C)sc12. The zero-order valence-corrected chi connectivity index (χ0v) is 64.1. The fourth-order valence-electron chi connectivity index (χ4n) is 16.4. The molecule has 4 heterocycles. The van der Waals surface area contributed by atoms with Crippen molar-refractivity contribution in [2.75, 3.05) is 0 Å². The first-order chi connectivity index (χ1) is 46.0. The maximum absolute atomic E-state index is 15.5. The van der Waals surface area contributed by atoms with Crippen molar-refractivity contribution in [1.29, 1.82) is 0 Å². The van der Waals surface area contributed by atoms with E-state index in [4.69, 9.17) is 0 Å². The summed E-state index contributed by atoms with van der Waals surface area (Å²) in [5, 5.41) is 9.43. The molecule has 94 heavy (non-hydrogen) atoms. The minimum atomic E-state index is 0.147. The molecule has 0 saturated carbocycles. The first-order valence-corrected chi connectivity index (χ1v) is 42.6. The van der Waals surface area contributed by atoms with E-state index in [2.05, 4.69) is 153 Å². The summed E-state index contributed by atoms with van der Waals surface area (Å²) in [5.74, 6) is 2.54. The van der Waals surface area contributed by atoms with Gasteiger partial charge in [0.05, 0.1) is 0 Å². The van der Waals surface area contributed by atoms with Crippen LogP contribution in [0, 0.1) is 37.5 Å². The van der Waals surface area contributed by atoms with Crippen molar-refractivity contribution in [3.63, 3.8) is 0 Å². The van der Waals surface area contributed by atoms with Gasteiger partial charge >= 0.3 is 0 Å². The normalized spacial score (nSPS) is 13.6. The fourth-order valence-corrected chi connectivity index (χ4v) is 20.7. The number of fused-ring (bicyclic) bond motifs is 5. The molecular weight excluding hydrogens is 1220 g/mol. The van der Waals surface area contributed by atoms with E-state index >= 15 is 9.59 Å². The van der Waals surface area contributed by atoms with Crippen molar-refractivity contribution < 1.29 is 0 Å². The Labute approximate surface area is 587 Å². The molecule has 0 bridgehead atoms. The van der Waals surface area contributed by atoms with Gasteiger partial charge in [0.2, 0.25) is 0 Å². The molecule has 0 aliphatic carbocycles. The Bertz CT molecular complexity index is 3740. The molecule has 0 aliphatic heterocycles. The Hall–Kier alpha value is -3.94. The average Bonchev–Trinajstić information content (AvgIpc) is 1.58. The third kappa shape index (κ3) is 19.3. The summed E-state index contributed by atoms with van der Waals surface area (Å²) in [4.78, 5) is 38.4. The van der Waals surface area contributed by atoms with Crippen LogP contribution in [0.4, 0.5) is 0 Å². The van der Waals surface area contributed by atoms with Crippen LogP contribution in [0.2, 0.25) is 0 Å². The lowest BCUT2D eigenvalue weighted by molar-refractivity contribution is 0.383. The van der Waals surface area contributed by atoms with Crippen LogP contribution in [0.1, 0.15) is 319 Å². The second kappa shape index (κ2) is 38.4. The Morgan fingerprint density at radius 1 is 0.309 bits per heavy atom. The van der Waals surface area contributed by atoms with Crippen LogP contribution >= 0.6 is 45.3 Å². The van der Waals surface area contributed by atoms with Crippen molar-refractivity contribution in [2.24, 2.45) is 23.7 Å². The average molecular weight is 1340 g/mol. The van der Waals surface area contributed by atoms with Crippen molar-refractivity contribution in [3.8, 4) is 30.6 Å². The Balaban J connectivity index is 1.14. The van der Waals surface area contributed by atoms with E-state index in [1.54, 1.807) is 32.5 Å². The highest BCUT2D eigenvalue weighted by atomic mass is 32.1. The van der Waals surface area contributed by atoms with E-state index in [9.17, 15) is 0 Å². The molecule has 6 heteroatoms. The molecule has 512 valence electrons. The standard InChI is InChI=1S/C88H124O2S4/c1-11-19-25-29-31-37-43-65(41-33-23-15-5)46-48-68-76-53-62(10)92-87(76)69(49-47-66(42-34-24-16-6)44-38-32-30-26-20-12-2)77-60-83(94-88(68)77)82-52-51-81(93-82)78-57-67-56-72-73(58-70(67)85(78)89)71(54-63(17-7)39-35-27-21-13-3)75-59-79(80-50-45-61(9)91-80)86(90)84(75)74(72)55-64(18-8)40-36-28-22-14-4/h45,50-53,56-60,63-66H,11-44,46-49,54-55H2,1-10H3. The molecule has 4 unspecified atom stereocenters. The minimum absolute atomic E-state index is 0.147. The quantitative estimate of drug-likeness (QED) is 0.0356. The van der Waals surface area contributed by atoms with Gasteiger partial charge in [0.1, 0.15) is 0 Å². The molecular formula is C88H124O2S4. The minimum Gasteiger partial charge on any atom is -0.289 e. The highest BCUT2D eigenvalue weighted by molar-refractivity contribution is 7.27. The van der Waals surface area contributed by atoms with Gasteiger partial charge in [-0.25, -0.2) is 0 Å². The van der Waals surface area contributed by atoms with Crippen molar-refractivity contribution in [2.45, 2.75) is 326 Å². The first-order valence-electron chi connectivity index (χ1n) is 39.3. The highest BCUT2D eigenvalue weighted by Crippen LogP contribution is 2.49. The Morgan fingerprint density at radius 3 is 1.29 bits per heavy atom. The second-order valence-electron chi connectivity index (χ2n) is 29.6. The van der Waals surface area contributed by atoms with Crippen LogP contribution in [0.25, 0.3) is 83.1 Å². The number of hydrogen-bond acceptors (Lipinski definition) is 6. The van der Waals surface area contributed by atoms with E-state index in [1.807, 2.05) is 11.3 Å². The third-order valence-corrected chi connectivity index (χ3v) is 26.9. The van der Waals surface area contributed by atoms with Gasteiger partial charge < -0.3 is 0 Å². The smallest absolute Gasteiger partial charge is 0.195 e. The van der Waals surface area contributed by atoms with Crippen LogP contribution in [0.3, 0.4) is 0 Å². The lowest BCUT2D eigenvalue weighted by Gasteiger charge is -2.22. The molecule has 9 rings (SSSR count). The second-order valence-corrected chi connectivity index (χ2v) is 34.2. The summed E-state index contributed by atoms with van der Waals surface area (Å²) in [6, 6.07) is 23.4. The van der Waals surface area contributed by atoms with Gasteiger partial charge in [-0.15, -0.1) is 45.3 Å². The summed E-state index contributed by atoms with van der Waals surface area (Å²) in [6.07, 6.45) is 51.2. The number of thiophene rings is 4. The summed E-state index contributed by atoms with van der Waals surface area (Å²) in [6.45, 7) is 23.3. The highest BCUT2D eigenvalue weighted by Gasteiger charge is 2.28. The maximum atomic E-state index is 15.5. The predicted octanol–water partition coefficient (Wildman–Crippen LogP) is 29.8. The van der Waals surface area contributed by atoms with Gasteiger partial charge in [-0.3, -0.25) is 9.59 Å². The fraction of sp³-hybridized carbons (Fsp3) is 0.614. The zero-order chi connectivity index (χ0) is 66.3. The molecule has 0 spiro atoms. The van der Waals surface area contributed by atoms with Gasteiger partial charge in [-0.05, 0) is 191 Å². The number of unbranched alkanes of at least 4 members (excludes halogenated alkanes) is 20. The summed E-state index contributed by atoms with van der Waals surface area (Å²) < 4.78 is 3.10. The molecule has 0 radical (unpaired) electrons. The Morgan fingerprint density at radius 2 is 0.745 bits per heavy atom. The van der Waals surface area contributed by atoms with E-state index in [-0.39, 0.29) is 10.9 Å². The molecule has 0 amide bonds. The van der Waals surface area contributed by atoms with Crippen LogP contribution in [0.15, 0.2) is 70.3 Å². The molecule has 0 N–H and O–H groups in total. The maximum Gasteiger partial charge on any atom is 0.195 e. The van der Waals surface area contributed by atoms with Crippen LogP contribution in [-0.2, 0) is 25.7 Å². The molecule has 0 aliphatic rings. The van der Waals surface area contributed by atoms with E-state index < -0.39 is 0 Å². The molecule has 4 atom stereocenters. The van der Waals surface area contributed by atoms with Gasteiger partial charge in [-0.1, -0.05) is 274 Å². The van der Waals surface area contributed by atoms with E-state index in [1.165, 1.54) is 270 Å². The van der Waals surface area contributed by atoms with Gasteiger partial charge in [0.15, 0.2) is 10.9 Å². The Kier molecular flexibility index (Phi) is 30.4. The third-order valence-electron chi connectivity index (χ3n) is 22.2. The van der Waals surface area contributed by atoms with Crippen molar-refractivity contribution >= 4 is 97.8 Å². The van der Waals surface area contributed by atoms with Gasteiger partial charge in [-0.2, -0.15) is 0 Å². The number of benzene rings is 3. The zero-order valence-electron chi connectivity index (χ0n) is 60.8. The molecule has 0 fully saturated rings. The molecule has 0 saturated heterocycles.